The van der Waals surface area contributed by atoms with E-state index < -0.39 is 0 Å². The highest BCUT2D eigenvalue weighted by molar-refractivity contribution is 5.53. The van der Waals surface area contributed by atoms with Crippen LogP contribution in [0, 0.1) is 29.6 Å². The zero-order valence-corrected chi connectivity index (χ0v) is 13.9. The summed E-state index contributed by atoms with van der Waals surface area (Å²) < 4.78 is 0. The Balaban J connectivity index is 2.09. The van der Waals surface area contributed by atoms with Crippen molar-refractivity contribution in [3.63, 3.8) is 0 Å². The smallest absolute Gasteiger partial charge is 0.125 e. The molecule has 1 fully saturated rings. The summed E-state index contributed by atoms with van der Waals surface area (Å²) in [5, 5.41) is 13.3. The molecule has 1 N–H and O–H groups in total. The summed E-state index contributed by atoms with van der Waals surface area (Å²) in [5.41, 5.74) is 2.33. The van der Waals surface area contributed by atoms with Crippen molar-refractivity contribution in [2.24, 2.45) is 11.3 Å². The van der Waals surface area contributed by atoms with Gasteiger partial charge in [-0.25, -0.2) is 0 Å². The first kappa shape index (κ1) is 15.9. The van der Waals surface area contributed by atoms with E-state index in [1.165, 1.54) is 12.0 Å². The quantitative estimate of drug-likeness (QED) is 0.814. The van der Waals surface area contributed by atoms with Gasteiger partial charge in [0.15, 0.2) is 0 Å². The van der Waals surface area contributed by atoms with Gasteiger partial charge >= 0.3 is 0 Å². The highest BCUT2D eigenvalue weighted by Crippen LogP contribution is 2.44. The molecule has 0 aliphatic heterocycles. The Morgan fingerprint density at radius 2 is 1.90 bits per heavy atom. The van der Waals surface area contributed by atoms with E-state index in [0.29, 0.717) is 5.41 Å². The van der Waals surface area contributed by atoms with E-state index in [2.05, 4.69) is 51.2 Å². The van der Waals surface area contributed by atoms with E-state index in [-0.39, 0.29) is 5.54 Å². The van der Waals surface area contributed by atoms with Gasteiger partial charge in [-0.1, -0.05) is 45.4 Å². The van der Waals surface area contributed by atoms with E-state index in [9.17, 15) is 5.26 Å². The van der Waals surface area contributed by atoms with Crippen molar-refractivity contribution in [3.8, 4) is 6.07 Å². The van der Waals surface area contributed by atoms with Gasteiger partial charge in [-0.2, -0.15) is 5.26 Å². The Hall–Kier alpha value is -1.49. The number of nitriles is 1. The average Bonchev–Trinajstić information content (AvgIpc) is 2.50. The number of aryl methyl sites for hydroxylation is 1. The van der Waals surface area contributed by atoms with Crippen molar-refractivity contribution in [3.05, 3.63) is 29.8 Å². The Morgan fingerprint density at radius 3 is 2.43 bits per heavy atom. The van der Waals surface area contributed by atoms with Crippen molar-refractivity contribution in [2.75, 3.05) is 5.32 Å². The molecule has 0 heterocycles. The maximum atomic E-state index is 9.73. The molecule has 2 heteroatoms. The number of anilines is 1. The molecule has 0 atom stereocenters. The number of hydrogen-bond acceptors (Lipinski definition) is 2. The Morgan fingerprint density at radius 1 is 1.29 bits per heavy atom. The largest absolute Gasteiger partial charge is 0.367 e. The summed E-state index contributed by atoms with van der Waals surface area (Å²) in [6.07, 6.45) is 5.40. The summed E-state index contributed by atoms with van der Waals surface area (Å²) in [5.74, 6) is 0.739. The van der Waals surface area contributed by atoms with Gasteiger partial charge in [0.05, 0.1) is 6.07 Å². The van der Waals surface area contributed by atoms with Gasteiger partial charge in [0.2, 0.25) is 0 Å². The van der Waals surface area contributed by atoms with Crippen molar-refractivity contribution in [1.29, 1.82) is 5.26 Å². The second-order valence-corrected chi connectivity index (χ2v) is 7.25. The lowest BCUT2D eigenvalue weighted by Crippen LogP contribution is -2.43. The molecule has 0 saturated heterocycles. The van der Waals surface area contributed by atoms with Crippen molar-refractivity contribution in [1.82, 2.24) is 0 Å². The molecule has 0 radical (unpaired) electrons. The maximum absolute atomic E-state index is 9.73. The van der Waals surface area contributed by atoms with Crippen LogP contribution < -0.4 is 5.32 Å². The van der Waals surface area contributed by atoms with Crippen LogP contribution in [-0.2, 0) is 0 Å². The maximum Gasteiger partial charge on any atom is 0.125 e. The normalized spacial score (nSPS) is 26.1. The molecule has 1 aliphatic carbocycles. The van der Waals surface area contributed by atoms with Crippen LogP contribution >= 0.6 is 0 Å². The number of para-hydroxylation sites is 1. The van der Waals surface area contributed by atoms with Gasteiger partial charge in [0.25, 0.3) is 0 Å². The van der Waals surface area contributed by atoms with Gasteiger partial charge in [0, 0.05) is 5.69 Å². The fourth-order valence-electron chi connectivity index (χ4n) is 3.42. The second-order valence-electron chi connectivity index (χ2n) is 7.25. The molecule has 21 heavy (non-hydrogen) atoms. The summed E-state index contributed by atoms with van der Waals surface area (Å²) in [4.78, 5) is 0. The number of nitrogens with one attached hydrogen (secondary N) is 1. The van der Waals surface area contributed by atoms with E-state index in [1.54, 1.807) is 0 Å². The Labute approximate surface area is 129 Å². The second kappa shape index (κ2) is 6.10. The molecular formula is C19H28N2. The van der Waals surface area contributed by atoms with Crippen LogP contribution in [0.5, 0.6) is 0 Å². The van der Waals surface area contributed by atoms with E-state index in [1.807, 2.05) is 12.1 Å². The molecule has 1 aliphatic rings. The zero-order chi connectivity index (χ0) is 15.5. The average molecular weight is 284 g/mol. The molecule has 0 unspecified atom stereocenters. The molecule has 2 rings (SSSR count). The molecule has 2 nitrogen and oxygen atoms in total. The number of nitrogens with zero attached hydrogens (tertiary/aromatic N) is 1. The van der Waals surface area contributed by atoms with Crippen molar-refractivity contribution >= 4 is 5.69 Å². The zero-order valence-electron chi connectivity index (χ0n) is 13.9. The Bertz CT molecular complexity index is 517. The molecule has 0 amide bonds. The minimum Gasteiger partial charge on any atom is -0.367 e. The monoisotopic (exact) mass is 284 g/mol. The van der Waals surface area contributed by atoms with Crippen molar-refractivity contribution < 1.29 is 0 Å². The highest BCUT2D eigenvalue weighted by Gasteiger charge is 2.40. The summed E-state index contributed by atoms with van der Waals surface area (Å²) >= 11 is 0. The SMILES string of the molecule is CCC(C)(C)C1CCC(C#N)(Nc2ccccc2C)CC1. The first-order chi connectivity index (χ1) is 9.92. The minimum atomic E-state index is -0.383. The molecule has 0 aromatic heterocycles. The summed E-state index contributed by atoms with van der Waals surface area (Å²) in [7, 11) is 0. The van der Waals surface area contributed by atoms with Crippen LogP contribution in [0.15, 0.2) is 24.3 Å². The van der Waals surface area contributed by atoms with Crippen LogP contribution in [0.25, 0.3) is 0 Å². The minimum absolute atomic E-state index is 0.383. The first-order valence-corrected chi connectivity index (χ1v) is 8.17. The van der Waals surface area contributed by atoms with Crippen LogP contribution in [0.2, 0.25) is 0 Å². The number of hydrogen-bond donors (Lipinski definition) is 1. The standard InChI is InChI=1S/C19H28N2/c1-5-18(3,4)16-10-12-19(14-20,13-11-16)21-17-9-7-6-8-15(17)2/h6-9,16,21H,5,10-13H2,1-4H3. The van der Waals surface area contributed by atoms with Crippen LogP contribution in [-0.4, -0.2) is 5.54 Å². The number of rotatable bonds is 4. The molecule has 1 aromatic rings. The third-order valence-electron chi connectivity index (χ3n) is 5.59. The first-order valence-electron chi connectivity index (χ1n) is 8.17. The molecule has 1 aromatic carbocycles. The highest BCUT2D eigenvalue weighted by atomic mass is 15.0. The van der Waals surface area contributed by atoms with Crippen molar-refractivity contribution in [2.45, 2.75) is 65.3 Å². The van der Waals surface area contributed by atoms with E-state index >= 15 is 0 Å². The topological polar surface area (TPSA) is 35.8 Å². The lowest BCUT2D eigenvalue weighted by atomic mass is 9.66. The molecular weight excluding hydrogens is 256 g/mol. The van der Waals surface area contributed by atoms with Gasteiger partial charge in [-0.15, -0.1) is 0 Å². The van der Waals surface area contributed by atoms with E-state index in [0.717, 1.165) is 37.3 Å². The van der Waals surface area contributed by atoms with E-state index in [4.69, 9.17) is 0 Å². The third kappa shape index (κ3) is 3.40. The van der Waals surface area contributed by atoms with Gasteiger partial charge in [0.1, 0.15) is 5.54 Å². The molecule has 114 valence electrons. The molecule has 0 spiro atoms. The number of benzene rings is 1. The summed E-state index contributed by atoms with van der Waals surface area (Å²) in [6, 6.07) is 10.8. The van der Waals surface area contributed by atoms with Crippen LogP contribution in [0.1, 0.15) is 58.4 Å². The fourth-order valence-corrected chi connectivity index (χ4v) is 3.42. The van der Waals surface area contributed by atoms with Crippen LogP contribution in [0.3, 0.4) is 0 Å². The van der Waals surface area contributed by atoms with Gasteiger partial charge in [-0.05, 0) is 55.6 Å². The predicted molar refractivity (Wildman–Crippen MR) is 89.2 cm³/mol. The molecule has 0 bridgehead atoms. The third-order valence-corrected chi connectivity index (χ3v) is 5.59. The van der Waals surface area contributed by atoms with Crippen LogP contribution in [0.4, 0.5) is 5.69 Å². The van der Waals surface area contributed by atoms with Gasteiger partial charge in [-0.3, -0.25) is 0 Å². The Kier molecular flexibility index (Phi) is 4.61. The predicted octanol–water partition coefficient (Wildman–Crippen LogP) is 5.30. The lowest BCUT2D eigenvalue weighted by molar-refractivity contribution is 0.135. The van der Waals surface area contributed by atoms with Gasteiger partial charge < -0.3 is 5.32 Å². The molecule has 1 saturated carbocycles. The summed E-state index contributed by atoms with van der Waals surface area (Å²) in [6.45, 7) is 9.11. The lowest BCUT2D eigenvalue weighted by Gasteiger charge is -2.42. The fraction of sp³-hybridized carbons (Fsp3) is 0.632.